The third-order valence-electron chi connectivity index (χ3n) is 4.61. The number of halogens is 1. The topological polar surface area (TPSA) is 59.3 Å². The first-order valence-electron chi connectivity index (χ1n) is 8.94. The minimum Gasteiger partial charge on any atom is -0.347 e. The lowest BCUT2D eigenvalue weighted by molar-refractivity contribution is 0.0946. The van der Waals surface area contributed by atoms with Gasteiger partial charge in [-0.2, -0.15) is 0 Å². The van der Waals surface area contributed by atoms with Crippen LogP contribution in [0.25, 0.3) is 16.8 Å². The molecular weight excluding hydrogens is 355 g/mol. The maximum Gasteiger partial charge on any atom is 0.271 e. The Morgan fingerprint density at radius 3 is 2.79 bits per heavy atom. The Balaban J connectivity index is 1.48. The molecule has 28 heavy (non-hydrogen) atoms. The van der Waals surface area contributed by atoms with E-state index in [0.29, 0.717) is 12.2 Å². The van der Waals surface area contributed by atoms with Gasteiger partial charge in [0.15, 0.2) is 0 Å². The lowest BCUT2D eigenvalue weighted by atomic mass is 9.98. The van der Waals surface area contributed by atoms with Crippen LogP contribution in [-0.4, -0.2) is 20.3 Å². The van der Waals surface area contributed by atoms with Crippen LogP contribution in [0.1, 0.15) is 27.3 Å². The summed E-state index contributed by atoms with van der Waals surface area (Å²) in [5.74, 6) is -0.680. The fourth-order valence-corrected chi connectivity index (χ4v) is 3.21. The number of carbonyl (C=O) groups excluding carboxylic acids is 1. The molecule has 0 unspecified atom stereocenters. The number of carbonyl (C=O) groups is 1. The number of imidazole rings is 1. The summed E-state index contributed by atoms with van der Waals surface area (Å²) in [7, 11) is 0. The molecule has 1 aromatic carbocycles. The summed E-state index contributed by atoms with van der Waals surface area (Å²) in [6.07, 6.45) is 4.93. The zero-order chi connectivity index (χ0) is 19.7. The second-order valence-corrected chi connectivity index (χ2v) is 6.75. The van der Waals surface area contributed by atoms with E-state index in [4.69, 9.17) is 0 Å². The van der Waals surface area contributed by atoms with Gasteiger partial charge in [0.2, 0.25) is 0 Å². The van der Waals surface area contributed by atoms with Gasteiger partial charge >= 0.3 is 0 Å². The highest BCUT2D eigenvalue weighted by molar-refractivity contribution is 5.92. The highest BCUT2D eigenvalue weighted by atomic mass is 19.1. The van der Waals surface area contributed by atoms with Crippen LogP contribution in [0, 0.1) is 19.7 Å². The van der Waals surface area contributed by atoms with Crippen LogP contribution in [0.15, 0.2) is 61.1 Å². The smallest absolute Gasteiger partial charge is 0.271 e. The molecule has 0 aliphatic heterocycles. The van der Waals surface area contributed by atoms with Crippen molar-refractivity contribution < 1.29 is 9.18 Å². The van der Waals surface area contributed by atoms with Gasteiger partial charge in [-0.1, -0.05) is 18.2 Å². The molecule has 1 amide bonds. The largest absolute Gasteiger partial charge is 0.347 e. The van der Waals surface area contributed by atoms with Crippen molar-refractivity contribution in [2.45, 2.75) is 20.4 Å². The zero-order valence-corrected chi connectivity index (χ0v) is 15.6. The van der Waals surface area contributed by atoms with Crippen molar-refractivity contribution in [2.24, 2.45) is 0 Å². The van der Waals surface area contributed by atoms with Crippen molar-refractivity contribution in [1.29, 1.82) is 0 Å². The number of hydrogen-bond donors (Lipinski definition) is 1. The van der Waals surface area contributed by atoms with Crippen molar-refractivity contribution in [3.8, 4) is 11.1 Å². The lowest BCUT2D eigenvalue weighted by Gasteiger charge is -2.10. The Bertz CT molecular complexity index is 1180. The number of pyridine rings is 2. The first-order valence-corrected chi connectivity index (χ1v) is 8.94. The van der Waals surface area contributed by atoms with Gasteiger partial charge in [0.05, 0.1) is 0 Å². The van der Waals surface area contributed by atoms with Gasteiger partial charge < -0.3 is 9.72 Å². The zero-order valence-electron chi connectivity index (χ0n) is 15.6. The van der Waals surface area contributed by atoms with Crippen LogP contribution < -0.4 is 5.32 Å². The van der Waals surface area contributed by atoms with E-state index in [9.17, 15) is 9.18 Å². The van der Waals surface area contributed by atoms with Crippen LogP contribution >= 0.6 is 0 Å². The standard InChI is InChI=1S/C22H19FN4O/c1-14-9-16(3-4-19(14)17-5-7-24-15(2)10-17)12-25-22(28)20-13-27-8-6-18(23)11-21(27)26-20/h3-11,13H,12H2,1-2H3,(H,25,28). The summed E-state index contributed by atoms with van der Waals surface area (Å²) >= 11 is 0. The highest BCUT2D eigenvalue weighted by Gasteiger charge is 2.11. The van der Waals surface area contributed by atoms with Crippen molar-refractivity contribution in [3.63, 3.8) is 0 Å². The summed E-state index contributed by atoms with van der Waals surface area (Å²) in [5, 5.41) is 2.87. The van der Waals surface area contributed by atoms with Gasteiger partial charge in [-0.15, -0.1) is 0 Å². The minimum absolute atomic E-state index is 0.256. The van der Waals surface area contributed by atoms with E-state index in [2.05, 4.69) is 33.5 Å². The van der Waals surface area contributed by atoms with E-state index in [0.717, 1.165) is 27.9 Å². The molecule has 3 aromatic heterocycles. The van der Waals surface area contributed by atoms with Crippen LogP contribution in [0.4, 0.5) is 4.39 Å². The number of rotatable bonds is 4. The molecule has 4 rings (SSSR count). The number of amides is 1. The number of benzene rings is 1. The first-order chi connectivity index (χ1) is 13.5. The van der Waals surface area contributed by atoms with Crippen LogP contribution in [0.5, 0.6) is 0 Å². The van der Waals surface area contributed by atoms with E-state index in [1.807, 2.05) is 26.0 Å². The summed E-state index contributed by atoms with van der Waals surface area (Å²) in [6.45, 7) is 4.40. The Morgan fingerprint density at radius 1 is 1.14 bits per heavy atom. The quantitative estimate of drug-likeness (QED) is 0.585. The van der Waals surface area contributed by atoms with Crippen molar-refractivity contribution in [2.75, 3.05) is 0 Å². The Hall–Kier alpha value is -3.54. The summed E-state index contributed by atoms with van der Waals surface area (Å²) in [5.41, 5.74) is 6.01. The van der Waals surface area contributed by atoms with Gasteiger partial charge in [0.25, 0.3) is 5.91 Å². The third-order valence-corrected chi connectivity index (χ3v) is 4.61. The number of aryl methyl sites for hydroxylation is 2. The number of nitrogens with one attached hydrogen (secondary N) is 1. The molecule has 0 atom stereocenters. The van der Waals surface area contributed by atoms with Crippen LogP contribution in [0.3, 0.4) is 0 Å². The predicted molar refractivity (Wildman–Crippen MR) is 105 cm³/mol. The molecule has 3 heterocycles. The molecule has 0 spiro atoms. The molecule has 6 heteroatoms. The minimum atomic E-state index is -0.384. The van der Waals surface area contributed by atoms with Crippen molar-refractivity contribution in [3.05, 3.63) is 89.4 Å². The van der Waals surface area contributed by atoms with E-state index >= 15 is 0 Å². The van der Waals surface area contributed by atoms with Gasteiger partial charge in [0.1, 0.15) is 17.2 Å². The molecule has 4 aromatic rings. The fraction of sp³-hybridized carbons (Fsp3) is 0.136. The predicted octanol–water partition coefficient (Wildman–Crippen LogP) is 4.08. The Kier molecular flexibility index (Phi) is 4.61. The van der Waals surface area contributed by atoms with Crippen molar-refractivity contribution in [1.82, 2.24) is 19.7 Å². The maximum absolute atomic E-state index is 13.3. The molecule has 0 fully saturated rings. The average Bonchev–Trinajstić information content (AvgIpc) is 3.09. The molecule has 0 aliphatic rings. The molecule has 5 nitrogen and oxygen atoms in total. The van der Waals surface area contributed by atoms with Crippen LogP contribution in [0.2, 0.25) is 0 Å². The van der Waals surface area contributed by atoms with Gasteiger partial charge in [-0.25, -0.2) is 9.37 Å². The third kappa shape index (κ3) is 3.62. The normalized spacial score (nSPS) is 11.0. The molecule has 0 bridgehead atoms. The summed E-state index contributed by atoms with van der Waals surface area (Å²) in [4.78, 5) is 20.8. The summed E-state index contributed by atoms with van der Waals surface area (Å²) < 4.78 is 14.9. The van der Waals surface area contributed by atoms with Gasteiger partial charge in [0, 0.05) is 36.9 Å². The number of nitrogens with zero attached hydrogens (tertiary/aromatic N) is 3. The Morgan fingerprint density at radius 2 is 2.00 bits per heavy atom. The molecule has 0 saturated carbocycles. The molecule has 140 valence electrons. The van der Waals surface area contributed by atoms with Gasteiger partial charge in [-0.3, -0.25) is 9.78 Å². The second-order valence-electron chi connectivity index (χ2n) is 6.75. The second kappa shape index (κ2) is 7.23. The van der Waals surface area contributed by atoms with E-state index in [1.54, 1.807) is 16.8 Å². The maximum atomic E-state index is 13.3. The van der Waals surface area contributed by atoms with Crippen LogP contribution in [-0.2, 0) is 6.54 Å². The SMILES string of the molecule is Cc1cc(-c2ccc(CNC(=O)c3cn4ccc(F)cc4n3)cc2C)ccn1. The van der Waals surface area contributed by atoms with E-state index in [-0.39, 0.29) is 17.4 Å². The number of fused-ring (bicyclic) bond motifs is 1. The van der Waals surface area contributed by atoms with Gasteiger partial charge in [-0.05, 0) is 54.3 Å². The molecular formula is C22H19FN4O. The number of hydrogen-bond acceptors (Lipinski definition) is 3. The van der Waals surface area contributed by atoms with Crippen molar-refractivity contribution >= 4 is 11.6 Å². The highest BCUT2D eigenvalue weighted by Crippen LogP contribution is 2.24. The molecule has 0 aliphatic carbocycles. The lowest BCUT2D eigenvalue weighted by Crippen LogP contribution is -2.23. The molecule has 0 saturated heterocycles. The summed E-state index contributed by atoms with van der Waals surface area (Å²) in [6, 6.07) is 12.8. The molecule has 0 radical (unpaired) electrons. The van der Waals surface area contributed by atoms with E-state index in [1.165, 1.54) is 18.3 Å². The van der Waals surface area contributed by atoms with E-state index < -0.39 is 0 Å². The molecule has 1 N–H and O–H groups in total. The monoisotopic (exact) mass is 374 g/mol. The first kappa shape index (κ1) is 17.9. The Labute approximate surface area is 161 Å². The fourth-order valence-electron chi connectivity index (χ4n) is 3.21. The number of aromatic nitrogens is 3. The average molecular weight is 374 g/mol.